The lowest BCUT2D eigenvalue weighted by molar-refractivity contribution is -0.0492. The Hall–Kier alpha value is -2.77. The van der Waals surface area contributed by atoms with Crippen LogP contribution in [0.15, 0.2) is 42.6 Å². The molecule has 5 rings (SSSR count). The maximum Gasteiger partial charge on any atom is 0.387 e. The zero-order valence-corrected chi connectivity index (χ0v) is 20.8. The van der Waals surface area contributed by atoms with E-state index in [9.17, 15) is 13.2 Å². The largest absolute Gasteiger partial charge is 0.430 e. The van der Waals surface area contributed by atoms with Crippen LogP contribution >= 0.6 is 19.5 Å². The van der Waals surface area contributed by atoms with E-state index in [0.29, 0.717) is 23.9 Å². The maximum absolute atomic E-state index is 14.8. The fourth-order valence-electron chi connectivity index (χ4n) is 4.30. The number of hydrogen-bond acceptors (Lipinski definition) is 6. The minimum atomic E-state index is -3.12. The SMILES string of the molecule is CP(C)c1ccccc1Nc1nc(Nc2ccc(F)c(N3CC4(CC4)C3)c2OC(F)F)ncc1Cl. The Morgan fingerprint density at radius 2 is 1.83 bits per heavy atom. The van der Waals surface area contributed by atoms with Crippen molar-refractivity contribution in [1.82, 2.24) is 9.97 Å². The molecule has 0 radical (unpaired) electrons. The van der Waals surface area contributed by atoms with E-state index in [0.717, 1.165) is 23.8 Å². The Morgan fingerprint density at radius 1 is 1.09 bits per heavy atom. The molecule has 0 unspecified atom stereocenters. The molecule has 184 valence electrons. The molecular weight excluding hydrogens is 498 g/mol. The van der Waals surface area contributed by atoms with Crippen molar-refractivity contribution in [1.29, 1.82) is 0 Å². The molecule has 0 atom stereocenters. The number of para-hydroxylation sites is 1. The van der Waals surface area contributed by atoms with Crippen molar-refractivity contribution in [2.75, 3.05) is 42.0 Å². The van der Waals surface area contributed by atoms with Crippen molar-refractivity contribution >= 4 is 53.7 Å². The lowest BCUT2D eigenvalue weighted by atomic mass is 9.95. The van der Waals surface area contributed by atoms with Crippen LogP contribution in [0.25, 0.3) is 0 Å². The Balaban J connectivity index is 1.45. The average molecular weight is 522 g/mol. The Bertz CT molecular complexity index is 1250. The van der Waals surface area contributed by atoms with Gasteiger partial charge in [-0.25, -0.2) is 9.37 Å². The van der Waals surface area contributed by atoms with Crippen LogP contribution in [0.2, 0.25) is 5.02 Å². The van der Waals surface area contributed by atoms with E-state index in [1.165, 1.54) is 18.3 Å². The zero-order valence-electron chi connectivity index (χ0n) is 19.2. The molecule has 0 bridgehead atoms. The summed E-state index contributed by atoms with van der Waals surface area (Å²) in [6, 6.07) is 10.4. The fourth-order valence-corrected chi connectivity index (χ4v) is 5.43. The van der Waals surface area contributed by atoms with Crippen molar-refractivity contribution in [3.05, 3.63) is 53.4 Å². The Morgan fingerprint density at radius 3 is 2.51 bits per heavy atom. The van der Waals surface area contributed by atoms with Gasteiger partial charge in [0.05, 0.1) is 11.9 Å². The summed E-state index contributed by atoms with van der Waals surface area (Å²) in [5, 5.41) is 7.59. The molecule has 1 aliphatic heterocycles. The van der Waals surface area contributed by atoms with E-state index in [4.69, 9.17) is 16.3 Å². The predicted molar refractivity (Wildman–Crippen MR) is 135 cm³/mol. The molecule has 1 saturated carbocycles. The number of aromatic nitrogens is 2. The monoisotopic (exact) mass is 521 g/mol. The smallest absolute Gasteiger partial charge is 0.387 e. The van der Waals surface area contributed by atoms with Crippen LogP contribution in [-0.4, -0.2) is 43.0 Å². The molecule has 2 aromatic carbocycles. The number of alkyl halides is 2. The molecule has 1 aromatic heterocycles. The highest BCUT2D eigenvalue weighted by Crippen LogP contribution is 2.56. The minimum absolute atomic E-state index is 0.0216. The van der Waals surface area contributed by atoms with Gasteiger partial charge in [-0.3, -0.25) is 0 Å². The highest BCUT2D eigenvalue weighted by Gasteiger charge is 2.53. The predicted octanol–water partition coefficient (Wildman–Crippen LogP) is 6.32. The standard InChI is InChI=1S/C24H24ClF3N5OP/c1-35(2)18-6-4-3-5-16(18)30-21-14(25)11-29-23(32-21)31-17-8-7-15(26)19(20(17)34-22(27)28)33-12-24(13-33)9-10-24/h3-8,11,22H,9-10,12-13H2,1-2H3,(H2,29,30,31,32). The molecule has 1 aliphatic carbocycles. The van der Waals surface area contributed by atoms with Crippen LogP contribution in [0.1, 0.15) is 12.8 Å². The molecule has 2 heterocycles. The van der Waals surface area contributed by atoms with Gasteiger partial charge in [-0.2, -0.15) is 13.8 Å². The molecule has 6 nitrogen and oxygen atoms in total. The molecule has 35 heavy (non-hydrogen) atoms. The number of benzene rings is 2. The summed E-state index contributed by atoms with van der Waals surface area (Å²) in [5.41, 5.74) is 1.23. The van der Waals surface area contributed by atoms with Gasteiger partial charge in [0.15, 0.2) is 11.6 Å². The fraction of sp³-hybridized carbons (Fsp3) is 0.333. The molecular formula is C24H24ClF3N5OP. The molecule has 1 spiro atoms. The van der Waals surface area contributed by atoms with Gasteiger partial charge in [0.1, 0.15) is 16.5 Å². The third kappa shape index (κ3) is 4.98. The van der Waals surface area contributed by atoms with Crippen LogP contribution in [0.5, 0.6) is 5.75 Å². The second kappa shape index (κ2) is 9.36. The van der Waals surface area contributed by atoms with Gasteiger partial charge < -0.3 is 20.3 Å². The number of halogens is 4. The second-order valence-corrected chi connectivity index (χ2v) is 11.7. The van der Waals surface area contributed by atoms with Crippen LogP contribution < -0.4 is 25.6 Å². The van der Waals surface area contributed by atoms with Gasteiger partial charge in [0.2, 0.25) is 5.95 Å². The number of hydrogen-bond donors (Lipinski definition) is 2. The lowest BCUT2D eigenvalue weighted by Crippen LogP contribution is -2.49. The number of nitrogens with one attached hydrogen (secondary N) is 2. The third-order valence-electron chi connectivity index (χ3n) is 6.24. The van der Waals surface area contributed by atoms with Crippen molar-refractivity contribution in [3.8, 4) is 5.75 Å². The van der Waals surface area contributed by atoms with E-state index in [1.54, 1.807) is 4.90 Å². The van der Waals surface area contributed by atoms with Crippen molar-refractivity contribution in [2.24, 2.45) is 5.41 Å². The first-order chi connectivity index (χ1) is 16.7. The Kier molecular flexibility index (Phi) is 6.40. The third-order valence-corrected chi connectivity index (χ3v) is 7.87. The van der Waals surface area contributed by atoms with E-state index in [1.807, 2.05) is 24.3 Å². The number of nitrogens with zero attached hydrogens (tertiary/aromatic N) is 3. The Labute approximate surface area is 207 Å². The van der Waals surface area contributed by atoms with E-state index in [2.05, 4.69) is 33.9 Å². The molecule has 11 heteroatoms. The summed E-state index contributed by atoms with van der Waals surface area (Å²) >= 11 is 6.34. The van der Waals surface area contributed by atoms with E-state index in [-0.39, 0.29) is 36.4 Å². The first-order valence-corrected chi connectivity index (χ1v) is 13.7. The van der Waals surface area contributed by atoms with Crippen molar-refractivity contribution < 1.29 is 17.9 Å². The average Bonchev–Trinajstić information content (AvgIpc) is 3.58. The summed E-state index contributed by atoms with van der Waals surface area (Å²) in [6.45, 7) is 2.41. The highest BCUT2D eigenvalue weighted by molar-refractivity contribution is 7.64. The van der Waals surface area contributed by atoms with Crippen LogP contribution in [0.3, 0.4) is 0 Å². The molecule has 2 fully saturated rings. The number of ether oxygens (including phenoxy) is 1. The number of anilines is 5. The molecule has 2 aliphatic rings. The summed E-state index contributed by atoms with van der Waals surface area (Å²) in [4.78, 5) is 10.4. The first kappa shape index (κ1) is 23.9. The van der Waals surface area contributed by atoms with E-state index < -0.39 is 12.4 Å². The summed E-state index contributed by atoms with van der Waals surface area (Å²) < 4.78 is 46.2. The molecule has 2 N–H and O–H groups in total. The van der Waals surface area contributed by atoms with E-state index >= 15 is 0 Å². The van der Waals surface area contributed by atoms with Crippen LogP contribution in [-0.2, 0) is 0 Å². The van der Waals surface area contributed by atoms with Gasteiger partial charge in [0, 0.05) is 24.2 Å². The van der Waals surface area contributed by atoms with Gasteiger partial charge in [-0.05, 0) is 49.7 Å². The second-order valence-electron chi connectivity index (χ2n) is 9.06. The zero-order chi connectivity index (χ0) is 24.7. The van der Waals surface area contributed by atoms with Crippen molar-refractivity contribution in [3.63, 3.8) is 0 Å². The quantitative estimate of drug-likeness (QED) is 0.338. The summed E-state index contributed by atoms with van der Waals surface area (Å²) in [5.74, 6) is -0.432. The lowest BCUT2D eigenvalue weighted by Gasteiger charge is -2.42. The van der Waals surface area contributed by atoms with Gasteiger partial charge in [0.25, 0.3) is 0 Å². The van der Waals surface area contributed by atoms with Crippen LogP contribution in [0, 0.1) is 11.2 Å². The minimum Gasteiger partial charge on any atom is -0.430 e. The normalized spacial score (nSPS) is 15.9. The summed E-state index contributed by atoms with van der Waals surface area (Å²) in [6.07, 6.45) is 3.56. The molecule has 0 amide bonds. The van der Waals surface area contributed by atoms with Gasteiger partial charge >= 0.3 is 6.61 Å². The van der Waals surface area contributed by atoms with Gasteiger partial charge in [-0.1, -0.05) is 37.7 Å². The highest BCUT2D eigenvalue weighted by atomic mass is 35.5. The maximum atomic E-state index is 14.8. The number of rotatable bonds is 8. The topological polar surface area (TPSA) is 62.3 Å². The van der Waals surface area contributed by atoms with Crippen LogP contribution in [0.4, 0.5) is 42.0 Å². The molecule has 3 aromatic rings. The summed E-state index contributed by atoms with van der Waals surface area (Å²) in [7, 11) is -0.387. The van der Waals surface area contributed by atoms with Gasteiger partial charge in [-0.15, -0.1) is 0 Å². The van der Waals surface area contributed by atoms with Crippen molar-refractivity contribution in [2.45, 2.75) is 19.5 Å². The first-order valence-electron chi connectivity index (χ1n) is 11.1. The molecule has 1 saturated heterocycles.